The molecular weight excluding hydrogens is 270 g/mol. The first-order valence-corrected chi connectivity index (χ1v) is 6.72. The average Bonchev–Trinajstić information content (AvgIpc) is 2.91. The van der Waals surface area contributed by atoms with Crippen molar-refractivity contribution in [1.82, 2.24) is 4.90 Å². The molecule has 5 heteroatoms. The first-order valence-electron chi connectivity index (χ1n) is 6.72. The van der Waals surface area contributed by atoms with E-state index < -0.39 is 11.9 Å². The average molecular weight is 285 g/mol. The number of carboxylic acids is 1. The Balaban J connectivity index is 1.95. The molecule has 0 bridgehead atoms. The second-order valence-electron chi connectivity index (χ2n) is 5.17. The van der Waals surface area contributed by atoms with Gasteiger partial charge in [-0.1, -0.05) is 24.3 Å². The van der Waals surface area contributed by atoms with Crippen LogP contribution in [0.15, 0.2) is 41.0 Å². The molecule has 0 fully saturated rings. The van der Waals surface area contributed by atoms with Crippen molar-refractivity contribution in [2.75, 3.05) is 6.54 Å². The first kappa shape index (κ1) is 13.4. The highest BCUT2D eigenvalue weighted by Gasteiger charge is 2.33. The summed E-state index contributed by atoms with van der Waals surface area (Å²) in [4.78, 5) is 25.6. The van der Waals surface area contributed by atoms with Crippen LogP contribution in [0.4, 0.5) is 0 Å². The van der Waals surface area contributed by atoms with E-state index in [1.165, 1.54) is 6.26 Å². The molecule has 0 spiro atoms. The lowest BCUT2D eigenvalue weighted by Crippen LogP contribution is -2.40. The van der Waals surface area contributed by atoms with Gasteiger partial charge in [0.2, 0.25) is 0 Å². The zero-order valence-electron chi connectivity index (χ0n) is 11.6. The van der Waals surface area contributed by atoms with E-state index in [9.17, 15) is 14.7 Å². The number of carbonyl (C=O) groups is 2. The topological polar surface area (TPSA) is 70.8 Å². The molecule has 5 nitrogen and oxygen atoms in total. The molecule has 21 heavy (non-hydrogen) atoms. The van der Waals surface area contributed by atoms with Crippen LogP contribution in [0.2, 0.25) is 0 Å². The number of carbonyl (C=O) groups excluding carboxylic acids is 1. The maximum Gasteiger partial charge on any atom is 0.312 e. The van der Waals surface area contributed by atoms with Gasteiger partial charge in [0.15, 0.2) is 0 Å². The number of carboxylic acid groups (broad SMARTS) is 1. The van der Waals surface area contributed by atoms with Crippen molar-refractivity contribution in [2.24, 2.45) is 0 Å². The van der Waals surface area contributed by atoms with Crippen LogP contribution in [-0.4, -0.2) is 28.4 Å². The fraction of sp³-hybridized carbons (Fsp3) is 0.250. The molecule has 2 heterocycles. The minimum Gasteiger partial charge on any atom is -0.481 e. The lowest BCUT2D eigenvalue weighted by molar-refractivity contribution is -0.139. The maximum absolute atomic E-state index is 12.5. The van der Waals surface area contributed by atoms with Crippen molar-refractivity contribution in [3.8, 4) is 0 Å². The lowest BCUT2D eigenvalue weighted by Gasteiger charge is -2.32. The van der Waals surface area contributed by atoms with Crippen LogP contribution in [0, 0.1) is 6.92 Å². The van der Waals surface area contributed by atoms with E-state index in [1.807, 2.05) is 24.3 Å². The quantitative estimate of drug-likeness (QED) is 0.919. The molecule has 2 aromatic rings. The summed E-state index contributed by atoms with van der Waals surface area (Å²) in [5, 5.41) is 9.41. The number of rotatable bonds is 2. The molecule has 1 aliphatic rings. The Morgan fingerprint density at radius 3 is 2.71 bits per heavy atom. The van der Waals surface area contributed by atoms with E-state index in [0.29, 0.717) is 17.9 Å². The summed E-state index contributed by atoms with van der Waals surface area (Å²) >= 11 is 0. The molecule has 1 aromatic carbocycles. The number of furan rings is 1. The molecule has 108 valence electrons. The van der Waals surface area contributed by atoms with Gasteiger partial charge in [-0.15, -0.1) is 0 Å². The Morgan fingerprint density at radius 2 is 2.05 bits per heavy atom. The van der Waals surface area contributed by atoms with Gasteiger partial charge in [0.25, 0.3) is 5.91 Å². The highest BCUT2D eigenvalue weighted by atomic mass is 16.4. The third kappa shape index (κ3) is 2.31. The molecule has 0 saturated carbocycles. The van der Waals surface area contributed by atoms with Crippen LogP contribution < -0.4 is 0 Å². The summed E-state index contributed by atoms with van der Waals surface area (Å²) in [7, 11) is 0. The van der Waals surface area contributed by atoms with Gasteiger partial charge in [-0.2, -0.15) is 0 Å². The van der Waals surface area contributed by atoms with E-state index >= 15 is 0 Å². The third-order valence-corrected chi connectivity index (χ3v) is 3.87. The monoisotopic (exact) mass is 285 g/mol. The molecule has 0 saturated heterocycles. The predicted molar refractivity (Wildman–Crippen MR) is 75.0 cm³/mol. The maximum atomic E-state index is 12.5. The number of fused-ring (bicyclic) bond motifs is 1. The highest BCUT2D eigenvalue weighted by Crippen LogP contribution is 2.29. The van der Waals surface area contributed by atoms with E-state index in [0.717, 1.165) is 11.1 Å². The summed E-state index contributed by atoms with van der Waals surface area (Å²) in [5.41, 5.74) is 2.15. The molecule has 1 aromatic heterocycles. The normalized spacial score (nSPS) is 17.4. The van der Waals surface area contributed by atoms with E-state index in [1.54, 1.807) is 17.9 Å². The van der Waals surface area contributed by atoms with Crippen molar-refractivity contribution >= 4 is 11.9 Å². The number of amides is 1. The van der Waals surface area contributed by atoms with Gasteiger partial charge in [0.05, 0.1) is 17.7 Å². The number of aryl methyl sites for hydroxylation is 1. The van der Waals surface area contributed by atoms with Gasteiger partial charge in [0, 0.05) is 13.1 Å². The minimum absolute atomic E-state index is 0.176. The highest BCUT2D eigenvalue weighted by molar-refractivity contribution is 5.95. The van der Waals surface area contributed by atoms with Gasteiger partial charge in [-0.05, 0) is 24.1 Å². The fourth-order valence-electron chi connectivity index (χ4n) is 2.75. The van der Waals surface area contributed by atoms with Crippen LogP contribution in [0.1, 0.15) is 33.2 Å². The van der Waals surface area contributed by atoms with E-state index in [-0.39, 0.29) is 12.5 Å². The number of nitrogens with zero attached hydrogens (tertiary/aromatic N) is 1. The van der Waals surface area contributed by atoms with Gasteiger partial charge >= 0.3 is 5.97 Å². The van der Waals surface area contributed by atoms with Gasteiger partial charge in [0.1, 0.15) is 5.76 Å². The van der Waals surface area contributed by atoms with Gasteiger partial charge < -0.3 is 14.4 Å². The molecule has 1 amide bonds. The minimum atomic E-state index is -0.913. The van der Waals surface area contributed by atoms with Crippen molar-refractivity contribution in [1.29, 1.82) is 0 Å². The Labute approximate surface area is 121 Å². The number of aliphatic carboxylic acids is 1. The number of hydrogen-bond donors (Lipinski definition) is 1. The molecule has 0 aliphatic carbocycles. The van der Waals surface area contributed by atoms with Crippen LogP contribution in [0.25, 0.3) is 0 Å². The zero-order valence-corrected chi connectivity index (χ0v) is 11.6. The molecule has 1 N–H and O–H groups in total. The van der Waals surface area contributed by atoms with Gasteiger partial charge in [-0.3, -0.25) is 9.59 Å². The van der Waals surface area contributed by atoms with Crippen LogP contribution in [-0.2, 0) is 11.3 Å². The Morgan fingerprint density at radius 1 is 1.29 bits per heavy atom. The predicted octanol–water partition coefficient (Wildman–Crippen LogP) is 2.41. The molecule has 0 radical (unpaired) electrons. The molecule has 1 atom stereocenters. The third-order valence-electron chi connectivity index (χ3n) is 3.87. The van der Waals surface area contributed by atoms with Crippen LogP contribution >= 0.6 is 0 Å². The summed E-state index contributed by atoms with van der Waals surface area (Å²) < 4.78 is 5.16. The molecule has 3 rings (SSSR count). The van der Waals surface area contributed by atoms with Crippen molar-refractivity contribution in [3.63, 3.8) is 0 Å². The van der Waals surface area contributed by atoms with Crippen LogP contribution in [0.5, 0.6) is 0 Å². The fourth-order valence-corrected chi connectivity index (χ4v) is 2.75. The molecule has 1 aliphatic heterocycles. The largest absolute Gasteiger partial charge is 0.481 e. The van der Waals surface area contributed by atoms with Crippen molar-refractivity contribution < 1.29 is 19.1 Å². The summed E-state index contributed by atoms with van der Waals surface area (Å²) in [6.45, 7) is 2.32. The van der Waals surface area contributed by atoms with Crippen molar-refractivity contribution in [2.45, 2.75) is 19.4 Å². The second kappa shape index (κ2) is 5.09. The zero-order chi connectivity index (χ0) is 15.0. The lowest BCUT2D eigenvalue weighted by atomic mass is 9.89. The molecular formula is C16H15NO4. The summed E-state index contributed by atoms with van der Waals surface area (Å²) in [5.74, 6) is -1.25. The second-order valence-corrected chi connectivity index (χ2v) is 5.17. The smallest absolute Gasteiger partial charge is 0.312 e. The standard InChI is InChI=1S/C16H15NO4/c1-10-12(6-7-21-10)15(18)17-8-11-4-2-3-5-13(11)14(9-17)16(19)20/h2-7,14H,8-9H2,1H3,(H,19,20). The summed E-state index contributed by atoms with van der Waals surface area (Å²) in [6.07, 6.45) is 1.47. The Bertz CT molecular complexity index is 704. The Hall–Kier alpha value is -2.56. The van der Waals surface area contributed by atoms with Crippen molar-refractivity contribution in [3.05, 3.63) is 59.0 Å². The molecule has 1 unspecified atom stereocenters. The van der Waals surface area contributed by atoms with E-state index in [2.05, 4.69) is 0 Å². The van der Waals surface area contributed by atoms with Gasteiger partial charge in [-0.25, -0.2) is 0 Å². The number of hydrogen-bond acceptors (Lipinski definition) is 3. The van der Waals surface area contributed by atoms with Crippen LogP contribution in [0.3, 0.4) is 0 Å². The SMILES string of the molecule is Cc1occc1C(=O)N1Cc2ccccc2C(C(=O)O)C1. The number of benzene rings is 1. The van der Waals surface area contributed by atoms with E-state index in [4.69, 9.17) is 4.42 Å². The first-order chi connectivity index (χ1) is 10.1. The Kier molecular flexibility index (Phi) is 3.25. The summed E-state index contributed by atoms with van der Waals surface area (Å²) in [6, 6.07) is 8.99.